The van der Waals surface area contributed by atoms with Crippen LogP contribution in [0.4, 0.5) is 10.1 Å². The third-order valence-electron chi connectivity index (χ3n) is 4.32. The zero-order valence-corrected chi connectivity index (χ0v) is 17.4. The Morgan fingerprint density at radius 2 is 1.92 bits per heavy atom. The van der Waals surface area contributed by atoms with Crippen molar-refractivity contribution in [3.05, 3.63) is 30.1 Å². The average Bonchev–Trinajstić information content (AvgIpc) is 2.60. The number of hydrogen-bond donors (Lipinski definition) is 2. The highest BCUT2D eigenvalue weighted by Gasteiger charge is 2.18. The third kappa shape index (κ3) is 7.77. The number of unbranched alkanes of at least 4 members (excludes halogenated alkanes) is 1. The second-order valence-corrected chi connectivity index (χ2v) is 6.18. The van der Waals surface area contributed by atoms with E-state index in [4.69, 9.17) is 5.73 Å². The summed E-state index contributed by atoms with van der Waals surface area (Å²) >= 11 is 0. The molecule has 25 heavy (non-hydrogen) atoms. The van der Waals surface area contributed by atoms with Gasteiger partial charge in [0.2, 0.25) is 0 Å². The first-order chi connectivity index (χ1) is 11.7. The summed E-state index contributed by atoms with van der Waals surface area (Å²) in [6.07, 6.45) is 3.26. The Kier molecular flexibility index (Phi) is 10.8. The predicted molar refractivity (Wildman–Crippen MR) is 114 cm³/mol. The first-order valence-corrected chi connectivity index (χ1v) is 8.96. The van der Waals surface area contributed by atoms with Crippen molar-refractivity contribution in [2.24, 2.45) is 10.7 Å². The molecule has 0 bridgehead atoms. The molecule has 0 unspecified atom stereocenters. The van der Waals surface area contributed by atoms with Crippen molar-refractivity contribution in [1.82, 2.24) is 10.2 Å². The topological polar surface area (TPSA) is 56.9 Å². The van der Waals surface area contributed by atoms with Gasteiger partial charge in [-0.3, -0.25) is 9.89 Å². The molecule has 1 aromatic rings. The van der Waals surface area contributed by atoms with Crippen LogP contribution >= 0.6 is 24.0 Å². The number of para-hydroxylation sites is 1. The third-order valence-corrected chi connectivity index (χ3v) is 4.32. The molecule has 0 spiro atoms. The molecule has 3 N–H and O–H groups in total. The van der Waals surface area contributed by atoms with Crippen LogP contribution in [0.15, 0.2) is 29.3 Å². The van der Waals surface area contributed by atoms with Gasteiger partial charge in [0, 0.05) is 45.8 Å². The SMILES string of the molecule is CCCCNC(N)=NCCCN1CCN(c2ccccc2F)CC1.I. The van der Waals surface area contributed by atoms with E-state index in [0.717, 1.165) is 65.1 Å². The maximum Gasteiger partial charge on any atom is 0.188 e. The molecule has 0 amide bonds. The molecule has 0 radical (unpaired) electrons. The van der Waals surface area contributed by atoms with E-state index >= 15 is 0 Å². The van der Waals surface area contributed by atoms with Crippen molar-refractivity contribution in [3.63, 3.8) is 0 Å². The number of hydrogen-bond acceptors (Lipinski definition) is 3. The maximum atomic E-state index is 13.8. The van der Waals surface area contributed by atoms with Gasteiger partial charge in [-0.15, -0.1) is 24.0 Å². The molecule has 2 rings (SSSR count). The van der Waals surface area contributed by atoms with E-state index in [1.807, 2.05) is 12.1 Å². The van der Waals surface area contributed by atoms with E-state index in [9.17, 15) is 4.39 Å². The lowest BCUT2D eigenvalue weighted by molar-refractivity contribution is 0.256. The molecule has 0 aliphatic carbocycles. The van der Waals surface area contributed by atoms with E-state index < -0.39 is 0 Å². The Morgan fingerprint density at radius 3 is 2.60 bits per heavy atom. The van der Waals surface area contributed by atoms with Crippen LogP contribution in [0.5, 0.6) is 0 Å². The molecule has 1 aliphatic heterocycles. The molecule has 1 heterocycles. The van der Waals surface area contributed by atoms with Gasteiger partial charge in [-0.25, -0.2) is 4.39 Å². The Bertz CT molecular complexity index is 518. The lowest BCUT2D eigenvalue weighted by atomic mass is 10.2. The zero-order valence-electron chi connectivity index (χ0n) is 15.1. The van der Waals surface area contributed by atoms with Crippen LogP contribution in [-0.2, 0) is 0 Å². The molecular weight excluding hydrogens is 432 g/mol. The molecule has 1 aromatic carbocycles. The Balaban J connectivity index is 0.00000312. The van der Waals surface area contributed by atoms with Gasteiger partial charge in [-0.05, 0) is 25.0 Å². The second kappa shape index (κ2) is 12.3. The number of nitrogens with one attached hydrogen (secondary N) is 1. The number of rotatable bonds is 8. The van der Waals surface area contributed by atoms with Crippen LogP contribution in [0, 0.1) is 5.82 Å². The molecule has 0 saturated carbocycles. The van der Waals surface area contributed by atoms with Crippen molar-refractivity contribution in [2.75, 3.05) is 50.7 Å². The van der Waals surface area contributed by atoms with Crippen molar-refractivity contribution in [2.45, 2.75) is 26.2 Å². The highest BCUT2D eigenvalue weighted by molar-refractivity contribution is 14.0. The molecule has 7 heteroatoms. The summed E-state index contributed by atoms with van der Waals surface area (Å²) in [5.74, 6) is 0.416. The summed E-state index contributed by atoms with van der Waals surface area (Å²) in [5, 5.41) is 3.12. The normalized spacial score (nSPS) is 15.8. The van der Waals surface area contributed by atoms with Crippen LogP contribution < -0.4 is 16.0 Å². The summed E-state index contributed by atoms with van der Waals surface area (Å²) < 4.78 is 13.8. The van der Waals surface area contributed by atoms with Crippen molar-refractivity contribution >= 4 is 35.6 Å². The molecule has 142 valence electrons. The molecular formula is C18H31FIN5. The molecule has 5 nitrogen and oxygen atoms in total. The van der Waals surface area contributed by atoms with Crippen molar-refractivity contribution in [1.29, 1.82) is 0 Å². The van der Waals surface area contributed by atoms with Gasteiger partial charge < -0.3 is 16.0 Å². The van der Waals surface area contributed by atoms with Crippen LogP contribution in [0.1, 0.15) is 26.2 Å². The summed E-state index contributed by atoms with van der Waals surface area (Å²) in [6, 6.07) is 7.01. The lowest BCUT2D eigenvalue weighted by Crippen LogP contribution is -2.47. The average molecular weight is 463 g/mol. The number of halogens is 2. The van der Waals surface area contributed by atoms with Gasteiger partial charge in [0.15, 0.2) is 5.96 Å². The zero-order chi connectivity index (χ0) is 17.2. The van der Waals surface area contributed by atoms with Crippen molar-refractivity contribution < 1.29 is 4.39 Å². The summed E-state index contributed by atoms with van der Waals surface area (Å²) in [5.41, 5.74) is 6.53. The number of benzene rings is 1. The minimum Gasteiger partial charge on any atom is -0.370 e. The van der Waals surface area contributed by atoms with Crippen LogP contribution in [0.25, 0.3) is 0 Å². The lowest BCUT2D eigenvalue weighted by Gasteiger charge is -2.36. The minimum absolute atomic E-state index is 0. The van der Waals surface area contributed by atoms with Gasteiger partial charge >= 0.3 is 0 Å². The fourth-order valence-electron chi connectivity index (χ4n) is 2.86. The quantitative estimate of drug-likeness (QED) is 0.270. The van der Waals surface area contributed by atoms with Crippen LogP contribution in [0.2, 0.25) is 0 Å². The predicted octanol–water partition coefficient (Wildman–Crippen LogP) is 2.66. The molecule has 0 aromatic heterocycles. The number of piperazine rings is 1. The van der Waals surface area contributed by atoms with Gasteiger partial charge in [0.1, 0.15) is 5.82 Å². The van der Waals surface area contributed by atoms with E-state index in [1.165, 1.54) is 6.07 Å². The molecule has 1 aliphatic rings. The first-order valence-electron chi connectivity index (χ1n) is 8.96. The number of anilines is 1. The standard InChI is InChI=1S/C18H30FN5.HI/c1-2-3-9-21-18(20)22-10-6-11-23-12-14-24(15-13-23)17-8-5-4-7-16(17)19;/h4-5,7-8H,2-3,6,9-15H2,1H3,(H3,20,21,22);1H. The molecule has 0 atom stereocenters. The van der Waals surface area contributed by atoms with Crippen molar-refractivity contribution in [3.8, 4) is 0 Å². The minimum atomic E-state index is -0.133. The monoisotopic (exact) mass is 463 g/mol. The van der Waals surface area contributed by atoms with E-state index in [-0.39, 0.29) is 29.8 Å². The molecule has 1 saturated heterocycles. The summed E-state index contributed by atoms with van der Waals surface area (Å²) in [6.45, 7) is 8.46. The largest absolute Gasteiger partial charge is 0.370 e. The van der Waals surface area contributed by atoms with E-state index in [1.54, 1.807) is 6.07 Å². The van der Waals surface area contributed by atoms with Gasteiger partial charge in [0.05, 0.1) is 5.69 Å². The second-order valence-electron chi connectivity index (χ2n) is 6.18. The Morgan fingerprint density at radius 1 is 1.20 bits per heavy atom. The number of aliphatic imine (C=N–C) groups is 1. The van der Waals surface area contributed by atoms with E-state index in [0.29, 0.717) is 11.6 Å². The van der Waals surface area contributed by atoms with E-state index in [2.05, 4.69) is 27.0 Å². The summed E-state index contributed by atoms with van der Waals surface area (Å²) in [7, 11) is 0. The Hall–Kier alpha value is -1.09. The van der Waals surface area contributed by atoms with Crippen LogP contribution in [-0.4, -0.2) is 56.7 Å². The van der Waals surface area contributed by atoms with Gasteiger partial charge in [0.25, 0.3) is 0 Å². The highest BCUT2D eigenvalue weighted by atomic mass is 127. The van der Waals surface area contributed by atoms with Crippen LogP contribution in [0.3, 0.4) is 0 Å². The smallest absolute Gasteiger partial charge is 0.188 e. The number of guanidine groups is 1. The van der Waals surface area contributed by atoms with Gasteiger partial charge in [-0.2, -0.15) is 0 Å². The van der Waals surface area contributed by atoms with Gasteiger partial charge in [-0.1, -0.05) is 25.5 Å². The molecule has 1 fully saturated rings. The highest BCUT2D eigenvalue weighted by Crippen LogP contribution is 2.20. The number of nitrogens with two attached hydrogens (primary N) is 1. The Labute approximate surface area is 167 Å². The fraction of sp³-hybridized carbons (Fsp3) is 0.611. The fourth-order valence-corrected chi connectivity index (χ4v) is 2.86. The number of nitrogens with zero attached hydrogens (tertiary/aromatic N) is 3. The summed E-state index contributed by atoms with van der Waals surface area (Å²) in [4.78, 5) is 8.89. The maximum absolute atomic E-state index is 13.8. The first kappa shape index (κ1) is 22.0.